The minimum atomic E-state index is -3.64. The van der Waals surface area contributed by atoms with Crippen molar-refractivity contribution < 1.29 is 22.1 Å². The van der Waals surface area contributed by atoms with Crippen LogP contribution in [-0.2, 0) is 26.2 Å². The van der Waals surface area contributed by atoms with E-state index >= 15 is 0 Å². The van der Waals surface area contributed by atoms with Crippen LogP contribution in [0.1, 0.15) is 39.7 Å². The van der Waals surface area contributed by atoms with Gasteiger partial charge >= 0.3 is 10.1 Å². The Bertz CT molecular complexity index is 642. The fraction of sp³-hybridized carbons (Fsp3) is 0.588. The molecule has 1 aromatic carbocycles. The Kier molecular flexibility index (Phi) is 7.69. The number of ether oxygens (including phenoxy) is 1. The van der Waals surface area contributed by atoms with Gasteiger partial charge in [0, 0.05) is 19.7 Å². The first-order valence-corrected chi connectivity index (χ1v) is 9.49. The molecular formula is C17H27NO5S. The van der Waals surface area contributed by atoms with E-state index in [0.717, 1.165) is 12.0 Å². The van der Waals surface area contributed by atoms with Crippen molar-refractivity contribution >= 4 is 16.0 Å². The minimum Gasteiger partial charge on any atom is -0.382 e. The van der Waals surface area contributed by atoms with Crippen molar-refractivity contribution in [2.45, 2.75) is 52.0 Å². The van der Waals surface area contributed by atoms with E-state index in [2.05, 4.69) is 0 Å². The van der Waals surface area contributed by atoms with Gasteiger partial charge in [-0.15, -0.1) is 0 Å². The van der Waals surface area contributed by atoms with Crippen molar-refractivity contribution in [3.05, 3.63) is 29.8 Å². The first-order valence-electron chi connectivity index (χ1n) is 8.01. The van der Waals surface area contributed by atoms with Crippen LogP contribution in [0.3, 0.4) is 0 Å². The normalized spacial score (nSPS) is 12.9. The Balaban J connectivity index is 2.97. The zero-order chi connectivity index (χ0) is 18.3. The zero-order valence-corrected chi connectivity index (χ0v) is 15.8. The predicted molar refractivity (Wildman–Crippen MR) is 93.3 cm³/mol. The Morgan fingerprint density at radius 2 is 1.92 bits per heavy atom. The molecule has 0 aromatic heterocycles. The number of hydrogen-bond donors (Lipinski definition) is 0. The molecule has 1 unspecified atom stereocenters. The molecule has 1 atom stereocenters. The molecule has 1 rings (SSSR count). The van der Waals surface area contributed by atoms with Gasteiger partial charge in [-0.1, -0.05) is 19.1 Å². The number of hydrogen-bond acceptors (Lipinski definition) is 5. The lowest BCUT2D eigenvalue weighted by Crippen LogP contribution is -2.39. The molecule has 0 saturated carbocycles. The van der Waals surface area contributed by atoms with Crippen molar-refractivity contribution in [3.8, 4) is 5.75 Å². The van der Waals surface area contributed by atoms with Gasteiger partial charge in [0.15, 0.2) is 0 Å². The summed E-state index contributed by atoms with van der Waals surface area (Å²) >= 11 is 0. The summed E-state index contributed by atoms with van der Waals surface area (Å²) < 4.78 is 33.8. The van der Waals surface area contributed by atoms with E-state index in [9.17, 15) is 13.2 Å². The molecule has 0 aliphatic carbocycles. The summed E-state index contributed by atoms with van der Waals surface area (Å²) in [5.74, 6) is 0.150. The van der Waals surface area contributed by atoms with E-state index in [-0.39, 0.29) is 24.3 Å². The third-order valence-corrected chi connectivity index (χ3v) is 5.33. The standard InChI is InChI=1S/C17H27NO5S/c1-6-14(4)18(17(19)12-22-5)11-15-8-7-9-16(10-15)23-24(20,21)13(2)3/h7-10,13-14H,6,11-12H2,1-5H3. The number of amides is 1. The van der Waals surface area contributed by atoms with Gasteiger partial charge in [0.05, 0.1) is 5.25 Å². The number of methoxy groups -OCH3 is 1. The molecule has 0 saturated heterocycles. The molecule has 6 nitrogen and oxygen atoms in total. The molecule has 24 heavy (non-hydrogen) atoms. The van der Waals surface area contributed by atoms with Gasteiger partial charge in [-0.05, 0) is 44.9 Å². The average molecular weight is 357 g/mol. The van der Waals surface area contributed by atoms with Crippen LogP contribution < -0.4 is 4.18 Å². The second-order valence-electron chi connectivity index (χ2n) is 5.98. The van der Waals surface area contributed by atoms with Crippen LogP contribution >= 0.6 is 0 Å². The summed E-state index contributed by atoms with van der Waals surface area (Å²) in [4.78, 5) is 13.9. The molecule has 0 radical (unpaired) electrons. The Morgan fingerprint density at radius 1 is 1.25 bits per heavy atom. The van der Waals surface area contributed by atoms with E-state index in [0.29, 0.717) is 6.54 Å². The van der Waals surface area contributed by atoms with E-state index in [1.165, 1.54) is 7.11 Å². The highest BCUT2D eigenvalue weighted by atomic mass is 32.2. The highest BCUT2D eigenvalue weighted by molar-refractivity contribution is 7.87. The van der Waals surface area contributed by atoms with Crippen molar-refractivity contribution in [2.24, 2.45) is 0 Å². The number of carbonyl (C=O) groups excluding carboxylic acids is 1. The maximum Gasteiger partial charge on any atom is 0.311 e. The molecule has 0 spiro atoms. The van der Waals surface area contributed by atoms with E-state index in [1.807, 2.05) is 19.9 Å². The molecule has 0 aliphatic rings. The first-order chi connectivity index (χ1) is 11.2. The lowest BCUT2D eigenvalue weighted by molar-refractivity contribution is -0.138. The summed E-state index contributed by atoms with van der Waals surface area (Å²) in [5, 5.41) is -0.624. The van der Waals surface area contributed by atoms with Crippen LogP contribution in [-0.4, -0.2) is 44.2 Å². The van der Waals surface area contributed by atoms with Crippen LogP contribution in [0.2, 0.25) is 0 Å². The summed E-state index contributed by atoms with van der Waals surface area (Å²) in [5.41, 5.74) is 0.802. The monoisotopic (exact) mass is 357 g/mol. The lowest BCUT2D eigenvalue weighted by atomic mass is 10.1. The van der Waals surface area contributed by atoms with Gasteiger partial charge in [-0.3, -0.25) is 4.79 Å². The SMILES string of the molecule is CCC(C)N(Cc1cccc(OS(=O)(=O)C(C)C)c1)C(=O)COC. The number of nitrogens with zero attached hydrogens (tertiary/aromatic N) is 1. The Labute approximate surface area is 144 Å². The molecule has 1 amide bonds. The molecule has 0 N–H and O–H groups in total. The quantitative estimate of drug-likeness (QED) is 0.635. The van der Waals surface area contributed by atoms with Gasteiger partial charge < -0.3 is 13.8 Å². The minimum absolute atomic E-state index is 0.0161. The average Bonchev–Trinajstić information content (AvgIpc) is 2.51. The highest BCUT2D eigenvalue weighted by Crippen LogP contribution is 2.20. The first kappa shape index (κ1) is 20.4. The second-order valence-corrected chi connectivity index (χ2v) is 8.08. The van der Waals surface area contributed by atoms with Crippen molar-refractivity contribution in [1.82, 2.24) is 4.90 Å². The third kappa shape index (κ3) is 5.79. The summed E-state index contributed by atoms with van der Waals surface area (Å²) in [6.07, 6.45) is 0.813. The molecule has 0 aliphatic heterocycles. The van der Waals surface area contributed by atoms with Crippen molar-refractivity contribution in [1.29, 1.82) is 0 Å². The molecule has 7 heteroatoms. The topological polar surface area (TPSA) is 72.9 Å². The molecule has 0 bridgehead atoms. The Hall–Kier alpha value is -1.60. The zero-order valence-electron chi connectivity index (χ0n) is 15.0. The summed E-state index contributed by atoms with van der Waals surface area (Å²) in [7, 11) is -2.16. The Morgan fingerprint density at radius 3 is 2.46 bits per heavy atom. The van der Waals surface area contributed by atoms with Crippen LogP contribution in [0.4, 0.5) is 0 Å². The maximum absolute atomic E-state index is 12.2. The maximum atomic E-state index is 12.2. The number of carbonyl (C=O) groups is 1. The third-order valence-electron chi connectivity index (χ3n) is 3.75. The summed E-state index contributed by atoms with van der Waals surface area (Å²) in [6.45, 7) is 7.49. The van der Waals surface area contributed by atoms with Gasteiger partial charge in [-0.25, -0.2) is 0 Å². The molecule has 1 aromatic rings. The molecular weight excluding hydrogens is 330 g/mol. The smallest absolute Gasteiger partial charge is 0.311 e. The van der Waals surface area contributed by atoms with E-state index in [1.54, 1.807) is 36.9 Å². The fourth-order valence-electron chi connectivity index (χ4n) is 2.04. The second kappa shape index (κ2) is 9.03. The largest absolute Gasteiger partial charge is 0.382 e. The van der Waals surface area contributed by atoms with Gasteiger partial charge in [0.25, 0.3) is 0 Å². The van der Waals surface area contributed by atoms with Gasteiger partial charge in [-0.2, -0.15) is 8.42 Å². The van der Waals surface area contributed by atoms with Crippen LogP contribution in [0.5, 0.6) is 5.75 Å². The molecule has 0 fully saturated rings. The molecule has 136 valence electrons. The summed E-state index contributed by atoms with van der Waals surface area (Å²) in [6, 6.07) is 6.85. The van der Waals surface area contributed by atoms with Crippen LogP contribution in [0.15, 0.2) is 24.3 Å². The lowest BCUT2D eigenvalue weighted by Gasteiger charge is -2.28. The van der Waals surface area contributed by atoms with Crippen molar-refractivity contribution in [2.75, 3.05) is 13.7 Å². The van der Waals surface area contributed by atoms with E-state index in [4.69, 9.17) is 8.92 Å². The predicted octanol–water partition coefficient (Wildman–Crippen LogP) is 2.58. The van der Waals surface area contributed by atoms with Crippen molar-refractivity contribution in [3.63, 3.8) is 0 Å². The van der Waals surface area contributed by atoms with Crippen LogP contribution in [0, 0.1) is 0 Å². The van der Waals surface area contributed by atoms with Gasteiger partial charge in [0.2, 0.25) is 5.91 Å². The molecule has 0 heterocycles. The van der Waals surface area contributed by atoms with Gasteiger partial charge in [0.1, 0.15) is 12.4 Å². The fourth-order valence-corrected chi connectivity index (χ4v) is 2.60. The van der Waals surface area contributed by atoms with Crippen LogP contribution in [0.25, 0.3) is 0 Å². The highest BCUT2D eigenvalue weighted by Gasteiger charge is 2.21. The number of rotatable bonds is 9. The number of benzene rings is 1. The van der Waals surface area contributed by atoms with E-state index < -0.39 is 15.4 Å².